The van der Waals surface area contributed by atoms with Crippen molar-refractivity contribution < 1.29 is 22.7 Å². The lowest BCUT2D eigenvalue weighted by Gasteiger charge is -2.31. The molecule has 0 spiro atoms. The number of carbonyl (C=O) groups excluding carboxylic acids is 1. The van der Waals surface area contributed by atoms with Crippen molar-refractivity contribution in [3.8, 4) is 11.5 Å². The third-order valence-corrected chi connectivity index (χ3v) is 7.15. The van der Waals surface area contributed by atoms with Gasteiger partial charge in [-0.25, -0.2) is 8.42 Å². The van der Waals surface area contributed by atoms with Gasteiger partial charge in [-0.05, 0) is 37.4 Å². The fraction of sp³-hybridized carbons (Fsp3) is 0.381. The van der Waals surface area contributed by atoms with Crippen molar-refractivity contribution >= 4 is 15.9 Å². The molecule has 160 valence electrons. The van der Waals surface area contributed by atoms with Gasteiger partial charge in [-0.1, -0.05) is 18.2 Å². The van der Waals surface area contributed by atoms with Crippen molar-refractivity contribution in [3.05, 3.63) is 54.1 Å². The number of piperazine rings is 1. The highest BCUT2D eigenvalue weighted by molar-refractivity contribution is 7.89. The van der Waals surface area contributed by atoms with Crippen molar-refractivity contribution in [1.29, 1.82) is 0 Å². The average molecular weight is 432 g/mol. The van der Waals surface area contributed by atoms with Crippen molar-refractivity contribution in [1.82, 2.24) is 14.5 Å². The third kappa shape index (κ3) is 4.43. The lowest BCUT2D eigenvalue weighted by Crippen LogP contribution is -2.47. The van der Waals surface area contributed by atoms with Crippen LogP contribution >= 0.6 is 0 Å². The number of nitrogens with one attached hydrogen (secondary N) is 1. The normalized spacial score (nSPS) is 20.0. The Morgan fingerprint density at radius 3 is 2.57 bits per heavy atom. The lowest BCUT2D eigenvalue weighted by atomic mass is 10.2. The molecule has 9 heteroatoms. The Hall–Kier alpha value is -2.62. The monoisotopic (exact) mass is 431 g/mol. The van der Waals surface area contributed by atoms with Crippen LogP contribution in [-0.4, -0.2) is 76.0 Å². The minimum Gasteiger partial charge on any atom is -0.486 e. The van der Waals surface area contributed by atoms with E-state index >= 15 is 0 Å². The van der Waals surface area contributed by atoms with E-state index in [1.165, 1.54) is 16.4 Å². The fourth-order valence-corrected chi connectivity index (χ4v) is 4.92. The highest BCUT2D eigenvalue weighted by Gasteiger charge is 2.28. The maximum Gasteiger partial charge on any atom is 0.251 e. The van der Waals surface area contributed by atoms with Crippen LogP contribution in [0.5, 0.6) is 11.5 Å². The molecule has 2 aromatic rings. The summed E-state index contributed by atoms with van der Waals surface area (Å²) in [5.74, 6) is 0.970. The molecule has 0 radical (unpaired) electrons. The van der Waals surface area contributed by atoms with Gasteiger partial charge in [0.25, 0.3) is 5.91 Å². The second kappa shape index (κ2) is 8.63. The summed E-state index contributed by atoms with van der Waals surface area (Å²) in [5.41, 5.74) is 0.294. The zero-order valence-electron chi connectivity index (χ0n) is 16.8. The SMILES string of the molecule is CN1CCN(S(=O)(=O)c2cccc(C(=O)NC[C@H]3COc4ccccc4O3)c2)CC1. The molecule has 0 aromatic heterocycles. The number of nitrogens with zero attached hydrogens (tertiary/aromatic N) is 2. The number of para-hydroxylation sites is 2. The number of amides is 1. The Labute approximate surface area is 176 Å². The summed E-state index contributed by atoms with van der Waals surface area (Å²) in [6.07, 6.45) is -0.318. The average Bonchev–Trinajstić information content (AvgIpc) is 2.77. The molecule has 2 aromatic carbocycles. The van der Waals surface area contributed by atoms with Gasteiger partial charge in [0.15, 0.2) is 11.5 Å². The van der Waals surface area contributed by atoms with Crippen LogP contribution < -0.4 is 14.8 Å². The molecule has 2 heterocycles. The molecule has 30 heavy (non-hydrogen) atoms. The van der Waals surface area contributed by atoms with Crippen molar-refractivity contribution in [3.63, 3.8) is 0 Å². The van der Waals surface area contributed by atoms with Crippen molar-refractivity contribution in [2.45, 2.75) is 11.0 Å². The highest BCUT2D eigenvalue weighted by Crippen LogP contribution is 2.30. The summed E-state index contributed by atoms with van der Waals surface area (Å²) in [6.45, 7) is 2.83. The number of sulfonamides is 1. The number of hydrogen-bond donors (Lipinski definition) is 1. The van der Waals surface area contributed by atoms with E-state index in [0.29, 0.717) is 49.8 Å². The van der Waals surface area contributed by atoms with Gasteiger partial charge in [-0.2, -0.15) is 4.31 Å². The van der Waals surface area contributed by atoms with Crippen LogP contribution in [0.3, 0.4) is 0 Å². The van der Waals surface area contributed by atoms with E-state index in [1.807, 2.05) is 31.3 Å². The first-order valence-electron chi connectivity index (χ1n) is 9.89. The Balaban J connectivity index is 1.39. The zero-order chi connectivity index (χ0) is 21.1. The molecular weight excluding hydrogens is 406 g/mol. The molecular formula is C21H25N3O5S. The van der Waals surface area contributed by atoms with Gasteiger partial charge in [0.1, 0.15) is 12.7 Å². The first-order chi connectivity index (χ1) is 14.4. The molecule has 1 amide bonds. The Morgan fingerprint density at radius 1 is 1.07 bits per heavy atom. The van der Waals surface area contributed by atoms with Gasteiger partial charge in [0.05, 0.1) is 11.4 Å². The predicted molar refractivity (Wildman–Crippen MR) is 111 cm³/mol. The van der Waals surface area contributed by atoms with Crippen LogP contribution in [0.4, 0.5) is 0 Å². The van der Waals surface area contributed by atoms with Crippen LogP contribution in [0.2, 0.25) is 0 Å². The molecule has 2 aliphatic rings. The van der Waals surface area contributed by atoms with Crippen molar-refractivity contribution in [2.24, 2.45) is 0 Å². The van der Waals surface area contributed by atoms with E-state index < -0.39 is 10.0 Å². The number of benzene rings is 2. The molecule has 0 aliphatic carbocycles. The summed E-state index contributed by atoms with van der Waals surface area (Å²) >= 11 is 0. The van der Waals surface area contributed by atoms with Gasteiger partial charge in [-0.3, -0.25) is 4.79 Å². The Morgan fingerprint density at radius 2 is 1.80 bits per heavy atom. The van der Waals surface area contributed by atoms with Gasteiger partial charge in [0, 0.05) is 31.7 Å². The lowest BCUT2D eigenvalue weighted by molar-refractivity contribution is 0.0789. The van der Waals surface area contributed by atoms with Crippen LogP contribution in [0.25, 0.3) is 0 Å². The van der Waals surface area contributed by atoms with Crippen LogP contribution in [0.1, 0.15) is 10.4 Å². The second-order valence-corrected chi connectivity index (χ2v) is 9.38. The van der Waals surface area contributed by atoms with Gasteiger partial charge < -0.3 is 19.7 Å². The standard InChI is InChI=1S/C21H25N3O5S/c1-23-9-11-24(12-10-23)30(26,27)18-6-4-5-16(13-18)21(25)22-14-17-15-28-19-7-2-3-8-20(19)29-17/h2-8,13,17H,9-12,14-15H2,1H3,(H,22,25)/t17-/m0/s1. The van der Waals surface area contributed by atoms with E-state index in [-0.39, 0.29) is 23.5 Å². The van der Waals surface area contributed by atoms with E-state index in [2.05, 4.69) is 10.2 Å². The van der Waals surface area contributed by atoms with Gasteiger partial charge in [-0.15, -0.1) is 0 Å². The quantitative estimate of drug-likeness (QED) is 0.765. The predicted octanol–water partition coefficient (Wildman–Crippen LogP) is 1.19. The first-order valence-corrected chi connectivity index (χ1v) is 11.3. The smallest absolute Gasteiger partial charge is 0.251 e. The fourth-order valence-electron chi connectivity index (χ4n) is 3.45. The van der Waals surface area contributed by atoms with Crippen LogP contribution in [0, 0.1) is 0 Å². The number of fused-ring (bicyclic) bond motifs is 1. The number of ether oxygens (including phenoxy) is 2. The minimum atomic E-state index is -3.63. The molecule has 8 nitrogen and oxygen atoms in total. The Kier molecular flexibility index (Phi) is 5.94. The summed E-state index contributed by atoms with van der Waals surface area (Å²) in [4.78, 5) is 14.8. The van der Waals surface area contributed by atoms with E-state index in [4.69, 9.17) is 9.47 Å². The number of carbonyl (C=O) groups is 1. The van der Waals surface area contributed by atoms with E-state index in [0.717, 1.165) is 0 Å². The molecule has 0 saturated carbocycles. The zero-order valence-corrected chi connectivity index (χ0v) is 17.6. The summed E-state index contributed by atoms with van der Waals surface area (Å²) in [7, 11) is -1.66. The minimum absolute atomic E-state index is 0.130. The van der Waals surface area contributed by atoms with Crippen molar-refractivity contribution in [2.75, 3.05) is 46.4 Å². The summed E-state index contributed by atoms with van der Waals surface area (Å²) in [6, 6.07) is 13.5. The van der Waals surface area contributed by atoms with Crippen LogP contribution in [-0.2, 0) is 10.0 Å². The summed E-state index contributed by atoms with van der Waals surface area (Å²) in [5, 5.41) is 2.80. The van der Waals surface area contributed by atoms with Crippen LogP contribution in [0.15, 0.2) is 53.4 Å². The van der Waals surface area contributed by atoms with Gasteiger partial charge in [0.2, 0.25) is 10.0 Å². The third-order valence-electron chi connectivity index (χ3n) is 5.25. The van der Waals surface area contributed by atoms with Gasteiger partial charge >= 0.3 is 0 Å². The topological polar surface area (TPSA) is 88.2 Å². The molecule has 0 unspecified atom stereocenters. The molecule has 4 rings (SSSR count). The summed E-state index contributed by atoms with van der Waals surface area (Å²) < 4.78 is 38.8. The molecule has 1 atom stereocenters. The molecule has 1 N–H and O–H groups in total. The maximum atomic E-state index is 12.9. The Bertz CT molecular complexity index is 1020. The molecule has 1 saturated heterocycles. The maximum absolute atomic E-state index is 12.9. The number of rotatable bonds is 5. The largest absolute Gasteiger partial charge is 0.486 e. The van der Waals surface area contributed by atoms with E-state index in [9.17, 15) is 13.2 Å². The highest BCUT2D eigenvalue weighted by atomic mass is 32.2. The molecule has 2 aliphatic heterocycles. The molecule has 0 bridgehead atoms. The van der Waals surface area contributed by atoms with E-state index in [1.54, 1.807) is 12.1 Å². The number of hydrogen-bond acceptors (Lipinski definition) is 6. The number of likely N-dealkylation sites (N-methyl/N-ethyl adjacent to an activating group) is 1. The second-order valence-electron chi connectivity index (χ2n) is 7.44. The first kappa shape index (κ1) is 20.6. The molecule has 1 fully saturated rings.